The molecule has 2 aromatic rings. The van der Waals surface area contributed by atoms with Crippen molar-refractivity contribution in [3.63, 3.8) is 0 Å². The fourth-order valence-corrected chi connectivity index (χ4v) is 2.27. The minimum absolute atomic E-state index is 0.0460. The molecule has 0 saturated heterocycles. The summed E-state index contributed by atoms with van der Waals surface area (Å²) in [6.07, 6.45) is -2.67. The van der Waals surface area contributed by atoms with Gasteiger partial charge in [-0.25, -0.2) is 0 Å². The van der Waals surface area contributed by atoms with Gasteiger partial charge in [-0.1, -0.05) is 6.07 Å². The molecular formula is C18H15F3N2O2. The number of amides is 2. The third kappa shape index (κ3) is 4.37. The third-order valence-corrected chi connectivity index (χ3v) is 3.81. The maximum Gasteiger partial charge on any atom is 0.416 e. The first-order valence-corrected chi connectivity index (χ1v) is 7.72. The van der Waals surface area contributed by atoms with E-state index in [1.165, 1.54) is 18.2 Å². The van der Waals surface area contributed by atoms with Crippen LogP contribution in [0.2, 0.25) is 0 Å². The number of hydrogen-bond acceptors (Lipinski definition) is 2. The van der Waals surface area contributed by atoms with Gasteiger partial charge in [0.1, 0.15) is 0 Å². The Hall–Kier alpha value is -2.83. The van der Waals surface area contributed by atoms with Gasteiger partial charge < -0.3 is 10.6 Å². The van der Waals surface area contributed by atoms with E-state index < -0.39 is 17.6 Å². The van der Waals surface area contributed by atoms with E-state index in [1.807, 2.05) is 0 Å². The van der Waals surface area contributed by atoms with Crippen LogP contribution >= 0.6 is 0 Å². The summed E-state index contributed by atoms with van der Waals surface area (Å²) in [6, 6.07) is 10.6. The molecule has 0 spiro atoms. The highest BCUT2D eigenvalue weighted by Gasteiger charge is 2.30. The maximum absolute atomic E-state index is 12.5. The number of alkyl halides is 3. The Labute approximate surface area is 142 Å². The van der Waals surface area contributed by atoms with Crippen LogP contribution in [0, 0.1) is 5.92 Å². The van der Waals surface area contributed by atoms with Crippen LogP contribution in [0.15, 0.2) is 48.5 Å². The number of halogens is 3. The van der Waals surface area contributed by atoms with Crippen molar-refractivity contribution >= 4 is 23.2 Å². The standard InChI is InChI=1S/C18H15F3N2O2/c19-18(20,21)13-6-8-14(9-7-13)22-17(25)12-2-1-3-15(10-12)23-16(24)11-4-5-11/h1-3,6-11H,4-5H2,(H,22,25)(H,23,24). The molecule has 0 aliphatic heterocycles. The van der Waals surface area contributed by atoms with Crippen molar-refractivity contribution in [1.82, 2.24) is 0 Å². The zero-order valence-corrected chi connectivity index (χ0v) is 13.1. The van der Waals surface area contributed by atoms with Gasteiger partial charge in [0.15, 0.2) is 0 Å². The Morgan fingerprint density at radius 3 is 2.20 bits per heavy atom. The molecule has 1 aliphatic carbocycles. The average Bonchev–Trinajstić information content (AvgIpc) is 3.40. The first-order chi connectivity index (χ1) is 11.8. The Morgan fingerprint density at radius 1 is 0.920 bits per heavy atom. The van der Waals surface area contributed by atoms with Gasteiger partial charge in [0.05, 0.1) is 5.56 Å². The largest absolute Gasteiger partial charge is 0.416 e. The second kappa shape index (κ2) is 6.58. The average molecular weight is 348 g/mol. The van der Waals surface area contributed by atoms with Crippen LogP contribution in [-0.2, 0) is 11.0 Å². The van der Waals surface area contributed by atoms with Gasteiger partial charge in [0.2, 0.25) is 5.91 Å². The van der Waals surface area contributed by atoms with Crippen molar-refractivity contribution in [2.75, 3.05) is 10.6 Å². The van der Waals surface area contributed by atoms with Gasteiger partial charge in [-0.15, -0.1) is 0 Å². The molecule has 2 amide bonds. The molecule has 130 valence electrons. The van der Waals surface area contributed by atoms with Crippen molar-refractivity contribution < 1.29 is 22.8 Å². The summed E-state index contributed by atoms with van der Waals surface area (Å²) in [5.41, 5.74) is 0.283. The molecule has 1 aliphatic rings. The van der Waals surface area contributed by atoms with Gasteiger partial charge in [-0.05, 0) is 55.3 Å². The van der Waals surface area contributed by atoms with E-state index in [-0.39, 0.29) is 17.5 Å². The molecule has 0 aromatic heterocycles. The SMILES string of the molecule is O=C(Nc1ccc(C(F)(F)F)cc1)c1cccc(NC(=O)C2CC2)c1. The summed E-state index contributed by atoms with van der Waals surface area (Å²) in [4.78, 5) is 24.0. The lowest BCUT2D eigenvalue weighted by atomic mass is 10.1. The van der Waals surface area contributed by atoms with E-state index in [4.69, 9.17) is 0 Å². The second-order valence-electron chi connectivity index (χ2n) is 5.87. The Bertz CT molecular complexity index is 797. The van der Waals surface area contributed by atoms with Crippen LogP contribution in [0.25, 0.3) is 0 Å². The first-order valence-electron chi connectivity index (χ1n) is 7.72. The number of hydrogen-bond donors (Lipinski definition) is 2. The summed E-state index contributed by atoms with van der Waals surface area (Å²) in [6.45, 7) is 0. The van der Waals surface area contributed by atoms with Gasteiger partial charge in [0.25, 0.3) is 5.91 Å². The van der Waals surface area contributed by atoms with Crippen LogP contribution in [-0.4, -0.2) is 11.8 Å². The first kappa shape index (κ1) is 17.0. The molecule has 0 heterocycles. The molecule has 2 N–H and O–H groups in total. The molecular weight excluding hydrogens is 333 g/mol. The van der Waals surface area contributed by atoms with E-state index in [9.17, 15) is 22.8 Å². The predicted molar refractivity (Wildman–Crippen MR) is 87.2 cm³/mol. The lowest BCUT2D eigenvalue weighted by Gasteiger charge is -2.10. The predicted octanol–water partition coefficient (Wildman–Crippen LogP) is 4.31. The molecule has 0 unspecified atom stereocenters. The number of benzene rings is 2. The zero-order valence-electron chi connectivity index (χ0n) is 13.1. The van der Waals surface area contributed by atoms with Gasteiger partial charge >= 0.3 is 6.18 Å². The molecule has 3 rings (SSSR count). The lowest BCUT2D eigenvalue weighted by Crippen LogP contribution is -2.15. The summed E-state index contributed by atoms with van der Waals surface area (Å²) in [5, 5.41) is 5.28. The Balaban J connectivity index is 1.67. The molecule has 25 heavy (non-hydrogen) atoms. The molecule has 0 bridgehead atoms. The highest BCUT2D eigenvalue weighted by Crippen LogP contribution is 2.31. The topological polar surface area (TPSA) is 58.2 Å². The molecule has 4 nitrogen and oxygen atoms in total. The van der Waals surface area contributed by atoms with Crippen LogP contribution in [0.1, 0.15) is 28.8 Å². The van der Waals surface area contributed by atoms with E-state index in [0.29, 0.717) is 11.3 Å². The highest BCUT2D eigenvalue weighted by atomic mass is 19.4. The lowest BCUT2D eigenvalue weighted by molar-refractivity contribution is -0.137. The summed E-state index contributed by atoms with van der Waals surface area (Å²) in [5.74, 6) is -0.493. The van der Waals surface area contributed by atoms with Crippen molar-refractivity contribution in [2.24, 2.45) is 5.92 Å². The van der Waals surface area contributed by atoms with Gasteiger partial charge in [0, 0.05) is 22.9 Å². The summed E-state index contributed by atoms with van der Waals surface area (Å²) in [7, 11) is 0. The maximum atomic E-state index is 12.5. The molecule has 1 fully saturated rings. The second-order valence-corrected chi connectivity index (χ2v) is 5.87. The monoisotopic (exact) mass is 348 g/mol. The van der Waals surface area contributed by atoms with Crippen molar-refractivity contribution in [2.45, 2.75) is 19.0 Å². The van der Waals surface area contributed by atoms with Crippen molar-refractivity contribution in [3.05, 3.63) is 59.7 Å². The van der Waals surface area contributed by atoms with Gasteiger partial charge in [-0.2, -0.15) is 13.2 Å². The van der Waals surface area contributed by atoms with E-state index in [2.05, 4.69) is 10.6 Å². The number of carbonyl (C=O) groups excluding carboxylic acids is 2. The Kier molecular flexibility index (Phi) is 4.48. The van der Waals surface area contributed by atoms with E-state index in [0.717, 1.165) is 25.0 Å². The highest BCUT2D eigenvalue weighted by molar-refractivity contribution is 6.05. The minimum Gasteiger partial charge on any atom is -0.326 e. The van der Waals surface area contributed by atoms with E-state index >= 15 is 0 Å². The molecule has 0 radical (unpaired) electrons. The quantitative estimate of drug-likeness (QED) is 0.865. The van der Waals surface area contributed by atoms with Gasteiger partial charge in [-0.3, -0.25) is 9.59 Å². The van der Waals surface area contributed by atoms with E-state index in [1.54, 1.807) is 18.2 Å². The summed E-state index contributed by atoms with van der Waals surface area (Å²) >= 11 is 0. The fraction of sp³-hybridized carbons (Fsp3) is 0.222. The third-order valence-electron chi connectivity index (χ3n) is 3.81. The normalized spacial score (nSPS) is 14.0. The smallest absolute Gasteiger partial charge is 0.326 e. The zero-order chi connectivity index (χ0) is 18.0. The molecule has 2 aromatic carbocycles. The number of anilines is 2. The van der Waals surface area contributed by atoms with Crippen molar-refractivity contribution in [1.29, 1.82) is 0 Å². The van der Waals surface area contributed by atoms with Crippen LogP contribution in [0.3, 0.4) is 0 Å². The number of carbonyl (C=O) groups is 2. The molecule has 0 atom stereocenters. The number of rotatable bonds is 4. The number of nitrogens with one attached hydrogen (secondary N) is 2. The summed E-state index contributed by atoms with van der Waals surface area (Å²) < 4.78 is 37.6. The molecule has 1 saturated carbocycles. The fourth-order valence-electron chi connectivity index (χ4n) is 2.27. The van der Waals surface area contributed by atoms with Crippen LogP contribution in [0.5, 0.6) is 0 Å². The Morgan fingerprint density at radius 2 is 1.60 bits per heavy atom. The van der Waals surface area contributed by atoms with Crippen LogP contribution < -0.4 is 10.6 Å². The van der Waals surface area contributed by atoms with Crippen LogP contribution in [0.4, 0.5) is 24.5 Å². The van der Waals surface area contributed by atoms with Crippen molar-refractivity contribution in [3.8, 4) is 0 Å². The minimum atomic E-state index is -4.42. The molecule has 7 heteroatoms.